The Morgan fingerprint density at radius 2 is 1.79 bits per heavy atom. The second-order valence-electron chi connectivity index (χ2n) is 13.8. The maximum atomic E-state index is 14.3. The third-order valence-electron chi connectivity index (χ3n) is 10.1. The van der Waals surface area contributed by atoms with E-state index in [1.807, 2.05) is 54.6 Å². The van der Waals surface area contributed by atoms with E-state index in [0.29, 0.717) is 25.7 Å². The van der Waals surface area contributed by atoms with Crippen LogP contribution in [-0.4, -0.2) is 104 Å². The molecule has 0 radical (unpaired) electrons. The van der Waals surface area contributed by atoms with Gasteiger partial charge in [-0.1, -0.05) is 67.5 Å². The number of hydrogen-bond donors (Lipinski definition) is 4. The number of benzene rings is 2. The second-order valence-corrected chi connectivity index (χ2v) is 15.8. The summed E-state index contributed by atoms with van der Waals surface area (Å²) in [5.74, 6) is -2.67. The van der Waals surface area contributed by atoms with E-state index in [1.165, 1.54) is 9.80 Å². The van der Waals surface area contributed by atoms with Crippen molar-refractivity contribution in [1.82, 2.24) is 30.5 Å². The van der Waals surface area contributed by atoms with E-state index in [2.05, 4.69) is 20.7 Å². The number of ether oxygens (including phenoxy) is 1. The van der Waals surface area contributed by atoms with Crippen molar-refractivity contribution in [3.05, 3.63) is 60.2 Å². The number of halogens is 1. The van der Waals surface area contributed by atoms with Gasteiger partial charge in [0.1, 0.15) is 30.9 Å². The van der Waals surface area contributed by atoms with Gasteiger partial charge in [0.25, 0.3) is 5.91 Å². The first kappa shape index (κ1) is 37.0. The summed E-state index contributed by atoms with van der Waals surface area (Å²) in [5.41, 5.74) is -0.792. The SMILES string of the molecule is O=C(NCCF)N[C@H]1CCCCC/C=C/C2C[C@]2(C(=O)NS(=O)(=O)C2CC2)NC(=O)[C@@H]2CN(C(=O)OCc3cccc4ccccc34)CCN2C1=O. The van der Waals surface area contributed by atoms with E-state index >= 15 is 0 Å². The minimum Gasteiger partial charge on any atom is -0.445 e. The van der Waals surface area contributed by atoms with E-state index < -0.39 is 75.3 Å². The summed E-state index contributed by atoms with van der Waals surface area (Å²) in [6.45, 7) is -1.44. The first-order chi connectivity index (χ1) is 25.0. The lowest BCUT2D eigenvalue weighted by Gasteiger charge is -2.41. The lowest BCUT2D eigenvalue weighted by atomic mass is 10.0. The molecule has 1 saturated heterocycles. The van der Waals surface area contributed by atoms with E-state index in [1.54, 1.807) is 0 Å². The van der Waals surface area contributed by atoms with Crippen LogP contribution in [0.15, 0.2) is 54.6 Å². The number of alkyl halides is 1. The van der Waals surface area contributed by atoms with Crippen molar-refractivity contribution in [2.24, 2.45) is 5.92 Å². The molecule has 2 aliphatic heterocycles. The van der Waals surface area contributed by atoms with Crippen molar-refractivity contribution in [3.8, 4) is 0 Å². The Hall–Kier alpha value is -4.73. The number of nitrogens with one attached hydrogen (secondary N) is 4. The van der Waals surface area contributed by atoms with Crippen molar-refractivity contribution in [2.75, 3.05) is 32.9 Å². The van der Waals surface area contributed by atoms with Gasteiger partial charge in [0.15, 0.2) is 0 Å². The number of amides is 6. The molecule has 3 fully saturated rings. The van der Waals surface area contributed by atoms with Crippen molar-refractivity contribution < 1.29 is 41.5 Å². The highest BCUT2D eigenvalue weighted by Crippen LogP contribution is 2.46. The van der Waals surface area contributed by atoms with Gasteiger partial charge in [0.2, 0.25) is 21.8 Å². The van der Waals surface area contributed by atoms with Crippen LogP contribution in [0.25, 0.3) is 10.8 Å². The Kier molecular flexibility index (Phi) is 11.3. The molecule has 2 aromatic rings. The van der Waals surface area contributed by atoms with Crippen LogP contribution in [0.2, 0.25) is 0 Å². The van der Waals surface area contributed by atoms with E-state index in [-0.39, 0.29) is 45.6 Å². The fraction of sp³-hybridized carbons (Fsp3) is 0.528. The van der Waals surface area contributed by atoms with Gasteiger partial charge in [0, 0.05) is 25.6 Å². The van der Waals surface area contributed by atoms with Crippen LogP contribution in [0.5, 0.6) is 0 Å². The summed E-state index contributed by atoms with van der Waals surface area (Å²) in [4.78, 5) is 70.8. The molecule has 2 heterocycles. The number of fused-ring (bicyclic) bond motifs is 3. The fourth-order valence-corrected chi connectivity index (χ4v) is 8.29. The van der Waals surface area contributed by atoms with E-state index in [0.717, 1.165) is 29.2 Å². The molecule has 280 valence electrons. The molecule has 6 rings (SSSR count). The van der Waals surface area contributed by atoms with Crippen LogP contribution in [0.4, 0.5) is 14.0 Å². The van der Waals surface area contributed by atoms with Gasteiger partial charge in [-0.2, -0.15) is 0 Å². The molecular formula is C36H45FN6O8S. The molecule has 0 spiro atoms. The number of rotatable bonds is 8. The number of sulfonamides is 1. The third kappa shape index (κ3) is 8.48. The molecular weight excluding hydrogens is 695 g/mol. The average molecular weight is 741 g/mol. The summed E-state index contributed by atoms with van der Waals surface area (Å²) in [7, 11) is -3.93. The fourth-order valence-electron chi connectivity index (χ4n) is 6.93. The van der Waals surface area contributed by atoms with Crippen LogP contribution in [-0.2, 0) is 35.8 Å². The molecule has 4 aliphatic rings. The van der Waals surface area contributed by atoms with Crippen molar-refractivity contribution in [3.63, 3.8) is 0 Å². The van der Waals surface area contributed by atoms with E-state index in [4.69, 9.17) is 4.74 Å². The van der Waals surface area contributed by atoms with Gasteiger partial charge in [-0.15, -0.1) is 0 Å². The number of carbonyl (C=O) groups is 5. The zero-order chi connectivity index (χ0) is 36.9. The number of hydrogen-bond acceptors (Lipinski definition) is 8. The van der Waals surface area contributed by atoms with Crippen LogP contribution in [0, 0.1) is 5.92 Å². The summed E-state index contributed by atoms with van der Waals surface area (Å²) in [6.07, 6.45) is 6.97. The number of piperazine rings is 1. The normalized spacial score (nSPS) is 26.1. The quantitative estimate of drug-likeness (QED) is 0.298. The Balaban J connectivity index is 1.25. The molecule has 1 unspecified atom stereocenters. The van der Waals surface area contributed by atoms with Crippen molar-refractivity contribution >= 4 is 50.6 Å². The molecule has 52 heavy (non-hydrogen) atoms. The molecule has 2 saturated carbocycles. The molecule has 4 atom stereocenters. The number of allylic oxidation sites excluding steroid dienone is 1. The first-order valence-corrected chi connectivity index (χ1v) is 19.4. The highest BCUT2D eigenvalue weighted by atomic mass is 32.2. The van der Waals surface area contributed by atoms with Crippen LogP contribution in [0.1, 0.15) is 56.9 Å². The summed E-state index contributed by atoms with van der Waals surface area (Å²) >= 11 is 0. The van der Waals surface area contributed by atoms with Gasteiger partial charge >= 0.3 is 12.1 Å². The monoisotopic (exact) mass is 740 g/mol. The topological polar surface area (TPSA) is 183 Å². The standard InChI is InChI=1S/C36H45FN6O8S/c37-17-18-38-34(47)39-29-14-5-3-1-2-4-12-26-21-36(26,33(46)41-52(49,50)27-15-16-27)40-31(44)30-22-42(19-20-43(30)32(29)45)35(48)51-23-25-11-8-10-24-9-6-7-13-28(24)25/h4,6-13,26-27,29-30H,1-3,5,14-23H2,(H,40,44)(H,41,46)(H2,38,39,47)/b12-4+/t26?,29-,30-,36-/m0/s1. The zero-order valence-electron chi connectivity index (χ0n) is 28.9. The molecule has 2 aliphatic carbocycles. The Labute approximate surface area is 301 Å². The lowest BCUT2D eigenvalue weighted by Crippen LogP contribution is -2.66. The molecule has 6 amide bonds. The number of urea groups is 1. The van der Waals surface area contributed by atoms with Gasteiger partial charge in [-0.25, -0.2) is 22.4 Å². The van der Waals surface area contributed by atoms with Gasteiger partial charge in [-0.05, 0) is 54.9 Å². The van der Waals surface area contributed by atoms with Gasteiger partial charge in [0.05, 0.1) is 11.8 Å². The molecule has 4 N–H and O–H groups in total. The lowest BCUT2D eigenvalue weighted by molar-refractivity contribution is -0.146. The second kappa shape index (κ2) is 15.9. The Morgan fingerprint density at radius 1 is 1.00 bits per heavy atom. The number of nitrogens with zero attached hydrogens (tertiary/aromatic N) is 2. The first-order valence-electron chi connectivity index (χ1n) is 17.9. The molecule has 0 aromatic heterocycles. The van der Waals surface area contributed by atoms with E-state index in [9.17, 15) is 36.8 Å². The summed E-state index contributed by atoms with van der Waals surface area (Å²) in [6, 6.07) is 10.2. The zero-order valence-corrected chi connectivity index (χ0v) is 29.7. The highest BCUT2D eigenvalue weighted by molar-refractivity contribution is 7.91. The predicted octanol–water partition coefficient (Wildman–Crippen LogP) is 2.63. The maximum absolute atomic E-state index is 14.3. The van der Waals surface area contributed by atoms with Crippen LogP contribution < -0.4 is 20.7 Å². The summed E-state index contributed by atoms with van der Waals surface area (Å²) < 4.78 is 46.2. The predicted molar refractivity (Wildman–Crippen MR) is 189 cm³/mol. The molecule has 0 bridgehead atoms. The summed E-state index contributed by atoms with van der Waals surface area (Å²) in [5, 5.41) is 9.01. The maximum Gasteiger partial charge on any atom is 0.410 e. The average Bonchev–Trinajstić information content (AvgIpc) is 4.08. The largest absolute Gasteiger partial charge is 0.445 e. The van der Waals surface area contributed by atoms with Gasteiger partial charge in [-0.3, -0.25) is 19.1 Å². The molecule has 2 aromatic carbocycles. The highest BCUT2D eigenvalue weighted by Gasteiger charge is 2.62. The Bertz CT molecular complexity index is 1830. The van der Waals surface area contributed by atoms with Crippen LogP contribution in [0.3, 0.4) is 0 Å². The van der Waals surface area contributed by atoms with Gasteiger partial charge < -0.3 is 30.5 Å². The minimum absolute atomic E-state index is 0.0152. The van der Waals surface area contributed by atoms with Crippen molar-refractivity contribution in [2.45, 2.75) is 80.8 Å². The van der Waals surface area contributed by atoms with Crippen LogP contribution >= 0.6 is 0 Å². The minimum atomic E-state index is -3.93. The van der Waals surface area contributed by atoms with Crippen molar-refractivity contribution in [1.29, 1.82) is 0 Å². The Morgan fingerprint density at radius 3 is 2.58 bits per heavy atom. The molecule has 14 nitrogen and oxygen atoms in total. The third-order valence-corrected chi connectivity index (χ3v) is 12.0. The molecule has 16 heteroatoms. The smallest absolute Gasteiger partial charge is 0.410 e. The number of carbonyl (C=O) groups excluding carboxylic acids is 5.